The first-order valence-electron chi connectivity index (χ1n) is 10.8. The minimum absolute atomic E-state index is 0.213. The molecule has 5 rings (SSSR count). The summed E-state index contributed by atoms with van der Waals surface area (Å²) in [5.74, 6) is 6.17. The average Bonchev–Trinajstić information content (AvgIpc) is 3.55. The van der Waals surface area contributed by atoms with Gasteiger partial charge >= 0.3 is 0 Å². The van der Waals surface area contributed by atoms with Crippen LogP contribution in [0.2, 0.25) is 0 Å². The number of carbonyl (C=O) groups is 3. The summed E-state index contributed by atoms with van der Waals surface area (Å²) in [7, 11) is 0. The van der Waals surface area contributed by atoms with E-state index in [0.717, 1.165) is 18.4 Å². The Hall–Kier alpha value is -3.92. The van der Waals surface area contributed by atoms with Gasteiger partial charge in [0.25, 0.3) is 5.91 Å². The summed E-state index contributed by atoms with van der Waals surface area (Å²) in [6, 6.07) is 9.95. The second kappa shape index (κ2) is 8.21. The minimum atomic E-state index is -0.658. The Morgan fingerprint density at radius 2 is 2.00 bits per heavy atom. The van der Waals surface area contributed by atoms with Crippen LogP contribution in [0.1, 0.15) is 47.2 Å². The van der Waals surface area contributed by atoms with Gasteiger partial charge in [-0.1, -0.05) is 12.1 Å². The summed E-state index contributed by atoms with van der Waals surface area (Å²) < 4.78 is 5.71. The number of benzene rings is 1. The van der Waals surface area contributed by atoms with Crippen molar-refractivity contribution in [2.24, 2.45) is 11.6 Å². The normalized spacial score (nSPS) is 20.5. The van der Waals surface area contributed by atoms with E-state index in [1.165, 1.54) is 9.91 Å². The summed E-state index contributed by atoms with van der Waals surface area (Å²) in [4.78, 5) is 42.4. The number of piperidine rings is 1. The average molecular weight is 448 g/mol. The number of hydrogen-bond donors (Lipinski definition) is 3. The van der Waals surface area contributed by atoms with Gasteiger partial charge in [-0.3, -0.25) is 24.7 Å². The second-order valence-electron chi connectivity index (χ2n) is 8.41. The summed E-state index contributed by atoms with van der Waals surface area (Å²) in [5, 5.41) is 3.63. The number of imide groups is 1. The monoisotopic (exact) mass is 448 g/mol. The third-order valence-electron chi connectivity index (χ3n) is 5.92. The molecule has 0 radical (unpaired) electrons. The molecule has 1 unspecified atom stereocenters. The number of nitrogens with zero attached hydrogens (tertiary/aromatic N) is 3. The zero-order valence-corrected chi connectivity index (χ0v) is 17.9. The molecule has 0 spiro atoms. The van der Waals surface area contributed by atoms with E-state index in [9.17, 15) is 14.4 Å². The maximum Gasteiger partial charge on any atom is 0.255 e. The number of hydrazine groups is 1. The lowest BCUT2D eigenvalue weighted by molar-refractivity contribution is -0.136. The van der Waals surface area contributed by atoms with Crippen LogP contribution in [0.5, 0.6) is 5.88 Å². The van der Waals surface area contributed by atoms with Crippen LogP contribution in [0.15, 0.2) is 42.6 Å². The maximum absolute atomic E-state index is 12.8. The predicted octanol–water partition coefficient (Wildman–Crippen LogP) is 1.02. The predicted molar refractivity (Wildman–Crippen MR) is 119 cm³/mol. The van der Waals surface area contributed by atoms with Crippen molar-refractivity contribution in [3.05, 3.63) is 59.3 Å². The van der Waals surface area contributed by atoms with Crippen molar-refractivity contribution in [3.8, 4) is 5.88 Å². The molecule has 5 N–H and O–H groups in total. The molecular weight excluding hydrogens is 424 g/mol. The number of aromatic nitrogens is 1. The summed E-state index contributed by atoms with van der Waals surface area (Å²) >= 11 is 0. The largest absolute Gasteiger partial charge is 0.474 e. The SMILES string of the molecule is N/C(=C\N(N)c1cccc(OC2CC2)n1)c1ccc2c(c1)CN(C1CCC(=O)NC1=O)C2=O. The molecule has 10 heteroatoms. The molecule has 0 bridgehead atoms. The number of amides is 3. The van der Waals surface area contributed by atoms with Crippen molar-refractivity contribution in [2.45, 2.75) is 44.4 Å². The Morgan fingerprint density at radius 1 is 1.18 bits per heavy atom. The van der Waals surface area contributed by atoms with Crippen molar-refractivity contribution in [1.29, 1.82) is 0 Å². The molecule has 10 nitrogen and oxygen atoms in total. The molecule has 1 saturated heterocycles. The molecule has 2 aromatic rings. The standard InChI is InChI=1S/C23H24N6O4/c24-17(12-29(25)19-2-1-3-21(26-19)33-15-5-6-15)13-4-7-16-14(10-13)11-28(23(16)32)18-8-9-20(30)27-22(18)31/h1-4,7,10,12,15,18H,5-6,8-9,11,24-25H2,(H,27,30,31)/b17-12-. The molecule has 1 saturated carbocycles. The molecule has 3 heterocycles. The van der Waals surface area contributed by atoms with E-state index in [2.05, 4.69) is 10.3 Å². The van der Waals surface area contributed by atoms with E-state index < -0.39 is 11.9 Å². The van der Waals surface area contributed by atoms with Crippen LogP contribution in [-0.2, 0) is 16.1 Å². The van der Waals surface area contributed by atoms with Crippen LogP contribution in [0, 0.1) is 0 Å². The van der Waals surface area contributed by atoms with Gasteiger partial charge in [-0.05, 0) is 48.6 Å². The second-order valence-corrected chi connectivity index (χ2v) is 8.41. The fourth-order valence-corrected chi connectivity index (χ4v) is 4.01. The minimum Gasteiger partial charge on any atom is -0.474 e. The highest BCUT2D eigenvalue weighted by atomic mass is 16.5. The quantitative estimate of drug-likeness (QED) is 0.338. The Morgan fingerprint density at radius 3 is 2.76 bits per heavy atom. The Bertz CT molecular complexity index is 1180. The van der Waals surface area contributed by atoms with Crippen LogP contribution in [-0.4, -0.2) is 39.8 Å². The summed E-state index contributed by atoms with van der Waals surface area (Å²) in [6.45, 7) is 0.274. The summed E-state index contributed by atoms with van der Waals surface area (Å²) in [5.41, 5.74) is 8.65. The number of nitrogens with one attached hydrogen (secondary N) is 1. The van der Waals surface area contributed by atoms with Crippen LogP contribution >= 0.6 is 0 Å². The van der Waals surface area contributed by atoms with Gasteiger partial charge in [-0.15, -0.1) is 0 Å². The molecule has 1 atom stereocenters. The molecule has 1 aliphatic carbocycles. The first-order valence-corrected chi connectivity index (χ1v) is 10.8. The van der Waals surface area contributed by atoms with E-state index in [0.29, 0.717) is 34.9 Å². The lowest BCUT2D eigenvalue weighted by atomic mass is 10.0. The van der Waals surface area contributed by atoms with E-state index in [1.54, 1.807) is 30.5 Å². The Kier molecular flexibility index (Phi) is 5.21. The first-order chi connectivity index (χ1) is 15.9. The number of pyridine rings is 1. The molecule has 2 fully saturated rings. The van der Waals surface area contributed by atoms with Gasteiger partial charge in [0.15, 0.2) is 5.82 Å². The van der Waals surface area contributed by atoms with Crippen molar-refractivity contribution in [1.82, 2.24) is 15.2 Å². The number of hydrogen-bond acceptors (Lipinski definition) is 8. The van der Waals surface area contributed by atoms with Crippen LogP contribution in [0.25, 0.3) is 5.70 Å². The molecule has 3 aliphatic rings. The van der Waals surface area contributed by atoms with E-state index >= 15 is 0 Å². The highest BCUT2D eigenvalue weighted by Gasteiger charge is 2.39. The van der Waals surface area contributed by atoms with Crippen LogP contribution in [0.3, 0.4) is 0 Å². The molecule has 3 amide bonds. The van der Waals surface area contributed by atoms with Gasteiger partial charge < -0.3 is 15.4 Å². The highest BCUT2D eigenvalue weighted by Crippen LogP contribution is 2.30. The Labute approximate surface area is 190 Å². The number of fused-ring (bicyclic) bond motifs is 1. The third kappa shape index (κ3) is 4.24. The van der Waals surface area contributed by atoms with Gasteiger partial charge in [0.05, 0.1) is 5.70 Å². The van der Waals surface area contributed by atoms with Gasteiger partial charge in [0, 0.05) is 30.8 Å². The topological polar surface area (TPSA) is 144 Å². The lowest BCUT2D eigenvalue weighted by Crippen LogP contribution is -2.52. The van der Waals surface area contributed by atoms with E-state index in [1.807, 2.05) is 12.1 Å². The fraction of sp³-hybridized carbons (Fsp3) is 0.304. The molecule has 33 heavy (non-hydrogen) atoms. The molecule has 2 aliphatic heterocycles. The fourth-order valence-electron chi connectivity index (χ4n) is 4.01. The molecule has 170 valence electrons. The van der Waals surface area contributed by atoms with Crippen LogP contribution < -0.4 is 26.6 Å². The first kappa shape index (κ1) is 21.0. The zero-order valence-electron chi connectivity index (χ0n) is 17.9. The van der Waals surface area contributed by atoms with Gasteiger partial charge in [-0.25, -0.2) is 5.84 Å². The lowest BCUT2D eigenvalue weighted by Gasteiger charge is -2.29. The Balaban J connectivity index is 1.32. The molecular formula is C23H24N6O4. The van der Waals surface area contributed by atoms with Gasteiger partial charge in [-0.2, -0.15) is 4.98 Å². The van der Waals surface area contributed by atoms with Crippen molar-refractivity contribution >= 4 is 29.2 Å². The van der Waals surface area contributed by atoms with Gasteiger partial charge in [0.1, 0.15) is 12.1 Å². The number of carbonyl (C=O) groups excluding carboxylic acids is 3. The van der Waals surface area contributed by atoms with Crippen molar-refractivity contribution in [2.75, 3.05) is 5.01 Å². The van der Waals surface area contributed by atoms with E-state index in [-0.39, 0.29) is 30.9 Å². The van der Waals surface area contributed by atoms with E-state index in [4.69, 9.17) is 16.3 Å². The number of anilines is 1. The third-order valence-corrected chi connectivity index (χ3v) is 5.92. The van der Waals surface area contributed by atoms with Crippen molar-refractivity contribution in [3.63, 3.8) is 0 Å². The van der Waals surface area contributed by atoms with Crippen molar-refractivity contribution < 1.29 is 19.1 Å². The maximum atomic E-state index is 12.8. The number of nitrogens with two attached hydrogens (primary N) is 2. The highest BCUT2D eigenvalue weighted by molar-refractivity contribution is 6.05. The van der Waals surface area contributed by atoms with Gasteiger partial charge in [0.2, 0.25) is 17.7 Å². The summed E-state index contributed by atoms with van der Waals surface area (Å²) in [6.07, 6.45) is 4.38. The molecule has 1 aromatic carbocycles. The zero-order chi connectivity index (χ0) is 23.1. The van der Waals surface area contributed by atoms with Crippen LogP contribution in [0.4, 0.5) is 5.82 Å². The number of ether oxygens (including phenoxy) is 1. The smallest absolute Gasteiger partial charge is 0.255 e. The molecule has 1 aromatic heterocycles. The number of rotatable bonds is 6.